The van der Waals surface area contributed by atoms with Gasteiger partial charge in [-0.25, -0.2) is 0 Å². The van der Waals surface area contributed by atoms with E-state index in [1.807, 2.05) is 42.7 Å². The Kier molecular flexibility index (Phi) is 3.03. The first kappa shape index (κ1) is 12.2. The highest BCUT2D eigenvalue weighted by Crippen LogP contribution is 2.39. The summed E-state index contributed by atoms with van der Waals surface area (Å²) >= 11 is 1.64. The molecule has 2 aromatic rings. The van der Waals surface area contributed by atoms with E-state index in [9.17, 15) is 10.2 Å². The number of aromatic nitrogens is 1. The van der Waals surface area contributed by atoms with Crippen LogP contribution in [0.2, 0.25) is 0 Å². The summed E-state index contributed by atoms with van der Waals surface area (Å²) in [6.07, 6.45) is 7.38. The Morgan fingerprint density at radius 2 is 1.68 bits per heavy atom. The molecule has 0 saturated carbocycles. The van der Waals surface area contributed by atoms with Crippen LogP contribution in [0, 0.1) is 0 Å². The Balaban J connectivity index is 2.17. The van der Waals surface area contributed by atoms with Crippen LogP contribution in [0.3, 0.4) is 0 Å². The summed E-state index contributed by atoms with van der Waals surface area (Å²) in [6, 6.07) is 7.78. The van der Waals surface area contributed by atoms with Crippen molar-refractivity contribution in [2.24, 2.45) is 0 Å². The standard InChI is InChI=1S/C15H15NO2S/c1-19-11-6-4-5-10(9-11)16-14(17)12-7-2-3-8-13(12)15(16)18/h2-6,9,17-18H,7-8H2,1H3. The third kappa shape index (κ3) is 1.92. The van der Waals surface area contributed by atoms with Gasteiger partial charge in [-0.05, 0) is 37.3 Å². The molecule has 3 rings (SSSR count). The first-order valence-corrected chi connectivity index (χ1v) is 7.38. The van der Waals surface area contributed by atoms with Crippen LogP contribution in [0.5, 0.6) is 11.8 Å². The van der Waals surface area contributed by atoms with Crippen LogP contribution in [0.1, 0.15) is 11.1 Å². The molecule has 0 spiro atoms. The van der Waals surface area contributed by atoms with Crippen molar-refractivity contribution in [3.8, 4) is 17.4 Å². The number of nitrogens with zero attached hydrogens (tertiary/aromatic N) is 1. The monoisotopic (exact) mass is 273 g/mol. The van der Waals surface area contributed by atoms with E-state index in [1.54, 1.807) is 11.8 Å². The second-order valence-corrected chi connectivity index (χ2v) is 5.40. The summed E-state index contributed by atoms with van der Waals surface area (Å²) in [5.41, 5.74) is 2.44. The third-order valence-electron chi connectivity index (χ3n) is 3.45. The normalized spacial score (nSPS) is 13.5. The van der Waals surface area contributed by atoms with Crippen molar-refractivity contribution in [3.05, 3.63) is 47.5 Å². The fourth-order valence-electron chi connectivity index (χ4n) is 2.47. The van der Waals surface area contributed by atoms with Crippen LogP contribution in [0.25, 0.3) is 5.69 Å². The smallest absolute Gasteiger partial charge is 0.202 e. The van der Waals surface area contributed by atoms with Crippen molar-refractivity contribution in [2.45, 2.75) is 17.7 Å². The Morgan fingerprint density at radius 1 is 1.05 bits per heavy atom. The Labute approximate surface area is 116 Å². The number of fused-ring (bicyclic) bond motifs is 1. The van der Waals surface area contributed by atoms with E-state index in [1.165, 1.54) is 4.57 Å². The molecule has 4 heteroatoms. The van der Waals surface area contributed by atoms with Gasteiger partial charge in [0.1, 0.15) is 0 Å². The first-order chi connectivity index (χ1) is 9.22. The van der Waals surface area contributed by atoms with Gasteiger partial charge in [-0.3, -0.25) is 4.57 Å². The predicted molar refractivity (Wildman–Crippen MR) is 77.4 cm³/mol. The number of rotatable bonds is 2. The molecule has 19 heavy (non-hydrogen) atoms. The van der Waals surface area contributed by atoms with Crippen molar-refractivity contribution in [3.63, 3.8) is 0 Å². The van der Waals surface area contributed by atoms with Crippen molar-refractivity contribution < 1.29 is 10.2 Å². The molecule has 2 N–H and O–H groups in total. The fourth-order valence-corrected chi connectivity index (χ4v) is 2.92. The number of thioether (sulfide) groups is 1. The van der Waals surface area contributed by atoms with Gasteiger partial charge < -0.3 is 10.2 Å². The van der Waals surface area contributed by atoms with Gasteiger partial charge in [0.25, 0.3) is 0 Å². The summed E-state index contributed by atoms with van der Waals surface area (Å²) in [5.74, 6) is 0.296. The lowest BCUT2D eigenvalue weighted by molar-refractivity contribution is 0.399. The quantitative estimate of drug-likeness (QED) is 0.652. The maximum atomic E-state index is 10.3. The highest BCUT2D eigenvalue weighted by molar-refractivity contribution is 7.98. The zero-order valence-electron chi connectivity index (χ0n) is 10.6. The van der Waals surface area contributed by atoms with E-state index >= 15 is 0 Å². The van der Waals surface area contributed by atoms with Crippen molar-refractivity contribution >= 4 is 11.8 Å². The van der Waals surface area contributed by atoms with Crippen LogP contribution >= 0.6 is 11.8 Å². The minimum atomic E-state index is 0.148. The van der Waals surface area contributed by atoms with Crippen LogP contribution in [0.15, 0.2) is 41.3 Å². The largest absolute Gasteiger partial charge is 0.494 e. The molecule has 1 heterocycles. The van der Waals surface area contributed by atoms with Crippen molar-refractivity contribution in [1.82, 2.24) is 4.57 Å². The molecular weight excluding hydrogens is 258 g/mol. The number of hydrogen-bond donors (Lipinski definition) is 2. The molecule has 0 bridgehead atoms. The second kappa shape index (κ2) is 4.70. The van der Waals surface area contributed by atoms with Crippen LogP contribution in [0.4, 0.5) is 0 Å². The minimum absolute atomic E-state index is 0.148. The molecule has 0 radical (unpaired) electrons. The van der Waals surface area contributed by atoms with Gasteiger partial charge in [0.15, 0.2) is 0 Å². The molecule has 0 amide bonds. The molecule has 0 saturated heterocycles. The van der Waals surface area contributed by atoms with E-state index in [4.69, 9.17) is 0 Å². The first-order valence-electron chi connectivity index (χ1n) is 6.16. The van der Waals surface area contributed by atoms with E-state index < -0.39 is 0 Å². The SMILES string of the molecule is CSc1cccc(-n2c(O)c3c(c2O)CC=CC3)c1. The molecule has 0 aliphatic heterocycles. The van der Waals surface area contributed by atoms with E-state index in [-0.39, 0.29) is 11.8 Å². The van der Waals surface area contributed by atoms with Gasteiger partial charge in [0.05, 0.1) is 5.69 Å². The molecule has 1 aliphatic rings. The van der Waals surface area contributed by atoms with Gasteiger partial charge in [0.2, 0.25) is 11.8 Å². The fraction of sp³-hybridized carbons (Fsp3) is 0.200. The van der Waals surface area contributed by atoms with Gasteiger partial charge in [-0.15, -0.1) is 11.8 Å². The molecule has 3 nitrogen and oxygen atoms in total. The highest BCUT2D eigenvalue weighted by atomic mass is 32.2. The predicted octanol–water partition coefficient (Wildman–Crippen LogP) is 3.27. The summed E-state index contributed by atoms with van der Waals surface area (Å²) in [5, 5.41) is 20.7. The second-order valence-electron chi connectivity index (χ2n) is 4.52. The summed E-state index contributed by atoms with van der Waals surface area (Å²) in [7, 11) is 0. The lowest BCUT2D eigenvalue weighted by atomic mass is 10.0. The molecular formula is C15H15NO2S. The summed E-state index contributed by atoms with van der Waals surface area (Å²) < 4.78 is 1.53. The van der Waals surface area contributed by atoms with E-state index in [0.717, 1.165) is 21.7 Å². The number of benzene rings is 1. The van der Waals surface area contributed by atoms with Gasteiger partial charge in [0, 0.05) is 16.0 Å². The average Bonchev–Trinajstić information content (AvgIpc) is 2.72. The zero-order chi connectivity index (χ0) is 13.4. The lowest BCUT2D eigenvalue weighted by Gasteiger charge is -2.08. The number of hydrogen-bond acceptors (Lipinski definition) is 3. The van der Waals surface area contributed by atoms with Crippen LogP contribution in [-0.2, 0) is 12.8 Å². The molecule has 1 aromatic heterocycles. The van der Waals surface area contributed by atoms with Crippen molar-refractivity contribution in [2.75, 3.05) is 6.26 Å². The molecule has 98 valence electrons. The Hall–Kier alpha value is -1.81. The average molecular weight is 273 g/mol. The Bertz CT molecular complexity index is 627. The van der Waals surface area contributed by atoms with Crippen molar-refractivity contribution in [1.29, 1.82) is 0 Å². The van der Waals surface area contributed by atoms with Gasteiger partial charge in [-0.2, -0.15) is 0 Å². The molecule has 1 aromatic carbocycles. The van der Waals surface area contributed by atoms with Crippen LogP contribution in [-0.4, -0.2) is 21.0 Å². The lowest BCUT2D eigenvalue weighted by Crippen LogP contribution is -1.93. The molecule has 0 unspecified atom stereocenters. The maximum absolute atomic E-state index is 10.3. The summed E-state index contributed by atoms with van der Waals surface area (Å²) in [6.45, 7) is 0. The van der Waals surface area contributed by atoms with Gasteiger partial charge >= 0.3 is 0 Å². The zero-order valence-corrected chi connectivity index (χ0v) is 11.4. The van der Waals surface area contributed by atoms with Crippen LogP contribution < -0.4 is 0 Å². The number of allylic oxidation sites excluding steroid dienone is 2. The molecule has 0 atom stereocenters. The third-order valence-corrected chi connectivity index (χ3v) is 4.18. The number of aromatic hydroxyl groups is 2. The summed E-state index contributed by atoms with van der Waals surface area (Å²) in [4.78, 5) is 1.10. The van der Waals surface area contributed by atoms with E-state index in [2.05, 4.69) is 0 Å². The maximum Gasteiger partial charge on any atom is 0.202 e. The molecule has 0 fully saturated rings. The molecule has 1 aliphatic carbocycles. The van der Waals surface area contributed by atoms with Gasteiger partial charge in [-0.1, -0.05) is 18.2 Å². The highest BCUT2D eigenvalue weighted by Gasteiger charge is 2.23. The minimum Gasteiger partial charge on any atom is -0.494 e. The Morgan fingerprint density at radius 3 is 2.26 bits per heavy atom. The van der Waals surface area contributed by atoms with E-state index in [0.29, 0.717) is 12.8 Å². The topological polar surface area (TPSA) is 45.4 Å².